The molecule has 0 amide bonds. The van der Waals surface area contributed by atoms with E-state index >= 15 is 0 Å². The van der Waals surface area contributed by atoms with Gasteiger partial charge in [0, 0.05) is 12.0 Å². The summed E-state index contributed by atoms with van der Waals surface area (Å²) in [7, 11) is 0. The van der Waals surface area contributed by atoms with Gasteiger partial charge in [0.15, 0.2) is 17.9 Å². The smallest absolute Gasteiger partial charge is 0.201 e. The molecule has 0 aromatic heterocycles. The predicted octanol–water partition coefficient (Wildman–Crippen LogP) is 7.28. The van der Waals surface area contributed by atoms with Gasteiger partial charge in [-0.15, -0.1) is 0 Å². The fourth-order valence-corrected chi connectivity index (χ4v) is 3.60. The highest BCUT2D eigenvalue weighted by Gasteiger charge is 2.17. The van der Waals surface area contributed by atoms with Crippen LogP contribution in [0.3, 0.4) is 0 Å². The van der Waals surface area contributed by atoms with Crippen molar-refractivity contribution in [2.75, 3.05) is 13.2 Å². The Bertz CT molecular complexity index is 771. The van der Waals surface area contributed by atoms with Crippen LogP contribution in [0.15, 0.2) is 36.4 Å². The zero-order valence-corrected chi connectivity index (χ0v) is 17.8. The van der Waals surface area contributed by atoms with Gasteiger partial charge in [-0.25, -0.2) is 4.39 Å². The van der Waals surface area contributed by atoms with E-state index in [9.17, 15) is 8.78 Å². The van der Waals surface area contributed by atoms with Gasteiger partial charge in [0.1, 0.15) is 5.75 Å². The molecule has 1 fully saturated rings. The first-order valence-electron chi connectivity index (χ1n) is 11.2. The summed E-state index contributed by atoms with van der Waals surface area (Å²) in [6.45, 7) is 3.29. The number of rotatable bonds is 11. The third-order valence-electron chi connectivity index (χ3n) is 5.37. The lowest BCUT2D eigenvalue weighted by molar-refractivity contribution is -0.105. The molecule has 1 unspecified atom stereocenters. The molecular formula is C25H32F2O3. The van der Waals surface area contributed by atoms with Crippen LogP contribution in [-0.2, 0) is 4.74 Å². The van der Waals surface area contributed by atoms with Crippen molar-refractivity contribution in [3.8, 4) is 22.6 Å². The maximum Gasteiger partial charge on any atom is 0.201 e. The zero-order chi connectivity index (χ0) is 21.2. The molecule has 1 saturated heterocycles. The molecular weight excluding hydrogens is 386 g/mol. The summed E-state index contributed by atoms with van der Waals surface area (Å²) in [5.41, 5.74) is 0.797. The summed E-state index contributed by atoms with van der Waals surface area (Å²) in [6.07, 6.45) is 9.47. The molecule has 0 N–H and O–H groups in total. The average Bonchev–Trinajstić information content (AvgIpc) is 2.77. The predicted molar refractivity (Wildman–Crippen MR) is 115 cm³/mol. The largest absolute Gasteiger partial charge is 0.490 e. The number of halogens is 2. The number of hydrogen-bond donors (Lipinski definition) is 0. The number of hydrogen-bond acceptors (Lipinski definition) is 3. The monoisotopic (exact) mass is 418 g/mol. The van der Waals surface area contributed by atoms with Gasteiger partial charge in [-0.3, -0.25) is 0 Å². The van der Waals surface area contributed by atoms with E-state index in [2.05, 4.69) is 6.92 Å². The van der Waals surface area contributed by atoms with Gasteiger partial charge in [0.25, 0.3) is 0 Å². The van der Waals surface area contributed by atoms with Crippen molar-refractivity contribution >= 4 is 0 Å². The first kappa shape index (κ1) is 22.5. The Hall–Kier alpha value is -2.14. The Morgan fingerprint density at radius 3 is 2.40 bits per heavy atom. The Kier molecular flexibility index (Phi) is 8.94. The summed E-state index contributed by atoms with van der Waals surface area (Å²) in [5.74, 6) is -1.20. The van der Waals surface area contributed by atoms with Crippen LogP contribution >= 0.6 is 0 Å². The Balaban J connectivity index is 1.55. The van der Waals surface area contributed by atoms with E-state index in [1.54, 1.807) is 30.3 Å². The fraction of sp³-hybridized carbons (Fsp3) is 0.520. The first-order valence-corrected chi connectivity index (χ1v) is 11.2. The van der Waals surface area contributed by atoms with Crippen LogP contribution in [0, 0.1) is 11.6 Å². The van der Waals surface area contributed by atoms with E-state index in [1.165, 1.54) is 25.3 Å². The van der Waals surface area contributed by atoms with Crippen molar-refractivity contribution in [1.29, 1.82) is 0 Å². The van der Waals surface area contributed by atoms with Crippen LogP contribution in [0.4, 0.5) is 8.78 Å². The molecule has 1 aliphatic rings. The summed E-state index contributed by atoms with van der Waals surface area (Å²) in [5, 5.41) is 0. The second kappa shape index (κ2) is 11.9. The molecule has 1 heterocycles. The Labute approximate surface area is 178 Å². The van der Waals surface area contributed by atoms with Gasteiger partial charge in [-0.05, 0) is 49.1 Å². The lowest BCUT2D eigenvalue weighted by Gasteiger charge is -2.23. The molecule has 2 aromatic carbocycles. The Morgan fingerprint density at radius 1 is 0.900 bits per heavy atom. The maximum atomic E-state index is 14.6. The molecule has 1 aliphatic heterocycles. The van der Waals surface area contributed by atoms with Gasteiger partial charge in [0.05, 0.1) is 13.2 Å². The van der Waals surface area contributed by atoms with E-state index in [1.807, 2.05) is 0 Å². The van der Waals surface area contributed by atoms with Gasteiger partial charge in [-0.1, -0.05) is 51.2 Å². The molecule has 0 bridgehead atoms. The van der Waals surface area contributed by atoms with E-state index in [4.69, 9.17) is 14.2 Å². The highest BCUT2D eigenvalue weighted by molar-refractivity contribution is 5.66. The number of benzene rings is 2. The van der Waals surface area contributed by atoms with Crippen LogP contribution in [0.5, 0.6) is 11.5 Å². The molecule has 3 rings (SSSR count). The second-order valence-electron chi connectivity index (χ2n) is 7.79. The average molecular weight is 419 g/mol. The second-order valence-corrected chi connectivity index (χ2v) is 7.79. The molecule has 0 spiro atoms. The fourth-order valence-electron chi connectivity index (χ4n) is 3.60. The van der Waals surface area contributed by atoms with E-state index < -0.39 is 11.6 Å². The van der Waals surface area contributed by atoms with Crippen LogP contribution in [0.25, 0.3) is 11.1 Å². The molecule has 0 aliphatic carbocycles. The van der Waals surface area contributed by atoms with Crippen LogP contribution < -0.4 is 9.47 Å². The van der Waals surface area contributed by atoms with E-state index in [-0.39, 0.29) is 17.6 Å². The van der Waals surface area contributed by atoms with Crippen molar-refractivity contribution in [2.24, 2.45) is 0 Å². The minimum absolute atomic E-state index is 0.0285. The van der Waals surface area contributed by atoms with Crippen molar-refractivity contribution in [2.45, 2.75) is 71.0 Å². The Morgan fingerprint density at radius 2 is 1.67 bits per heavy atom. The maximum absolute atomic E-state index is 14.6. The summed E-state index contributed by atoms with van der Waals surface area (Å²) in [4.78, 5) is 0. The molecule has 2 aromatic rings. The van der Waals surface area contributed by atoms with E-state index in [0.29, 0.717) is 24.5 Å². The highest BCUT2D eigenvalue weighted by atomic mass is 19.2. The topological polar surface area (TPSA) is 27.7 Å². The lowest BCUT2D eigenvalue weighted by atomic mass is 10.0. The van der Waals surface area contributed by atoms with Crippen molar-refractivity contribution in [3.63, 3.8) is 0 Å². The summed E-state index contributed by atoms with van der Waals surface area (Å²) >= 11 is 0. The molecule has 3 nitrogen and oxygen atoms in total. The van der Waals surface area contributed by atoms with Crippen molar-refractivity contribution < 1.29 is 23.0 Å². The molecule has 0 radical (unpaired) electrons. The quantitative estimate of drug-likeness (QED) is 0.359. The minimum atomic E-state index is -0.936. The standard InChI is InChI=1S/C25H32F2O3/c1-2-3-4-5-6-8-17-28-22-16-15-21(24(26)25(22)27)19-11-13-20(14-12-19)30-23-10-7-9-18-29-23/h11-16,23H,2-10,17-18H2,1H3. The van der Waals surface area contributed by atoms with Gasteiger partial charge in [-0.2, -0.15) is 4.39 Å². The molecule has 1 atom stereocenters. The lowest BCUT2D eigenvalue weighted by Crippen LogP contribution is -2.24. The summed E-state index contributed by atoms with van der Waals surface area (Å²) in [6, 6.07) is 10.0. The molecule has 164 valence electrons. The summed E-state index contributed by atoms with van der Waals surface area (Å²) < 4.78 is 45.9. The van der Waals surface area contributed by atoms with Gasteiger partial charge >= 0.3 is 0 Å². The number of ether oxygens (including phenoxy) is 3. The van der Waals surface area contributed by atoms with Gasteiger partial charge < -0.3 is 14.2 Å². The van der Waals surface area contributed by atoms with Crippen molar-refractivity contribution in [3.05, 3.63) is 48.0 Å². The normalized spacial score (nSPS) is 16.4. The van der Waals surface area contributed by atoms with Crippen LogP contribution in [0.2, 0.25) is 0 Å². The number of unbranched alkanes of at least 4 members (excludes halogenated alkanes) is 5. The molecule has 30 heavy (non-hydrogen) atoms. The van der Waals surface area contributed by atoms with Crippen molar-refractivity contribution in [1.82, 2.24) is 0 Å². The van der Waals surface area contributed by atoms with Gasteiger partial charge in [0.2, 0.25) is 5.82 Å². The zero-order valence-electron chi connectivity index (χ0n) is 17.8. The van der Waals surface area contributed by atoms with E-state index in [0.717, 1.165) is 38.5 Å². The van der Waals surface area contributed by atoms with Crippen LogP contribution in [-0.4, -0.2) is 19.5 Å². The molecule has 0 saturated carbocycles. The first-order chi connectivity index (χ1) is 14.7. The third kappa shape index (κ3) is 6.43. The SMILES string of the molecule is CCCCCCCCOc1ccc(-c2ccc(OC3CCCCO3)cc2)c(F)c1F. The van der Waals surface area contributed by atoms with Crippen LogP contribution in [0.1, 0.15) is 64.7 Å². The minimum Gasteiger partial charge on any atom is -0.490 e. The third-order valence-corrected chi connectivity index (χ3v) is 5.37. The molecule has 5 heteroatoms. The highest BCUT2D eigenvalue weighted by Crippen LogP contribution is 2.31.